The number of nitrogens with zero attached hydrogens (tertiary/aromatic N) is 1. The quantitative estimate of drug-likeness (QED) is 0.396. The molecule has 0 unspecified atom stereocenters. The molecular formula is C18H25N3O. The predicted octanol–water partition coefficient (Wildman–Crippen LogP) is 2.92. The number of carbonyl (C=O) groups is 1. The first-order valence-electron chi connectivity index (χ1n) is 7.93. The van der Waals surface area contributed by atoms with E-state index in [1.165, 1.54) is 11.8 Å². The molecule has 4 nitrogen and oxygen atoms in total. The maximum absolute atomic E-state index is 11.7. The maximum Gasteiger partial charge on any atom is 0.263 e. The van der Waals surface area contributed by atoms with Gasteiger partial charge in [0.05, 0.1) is 0 Å². The summed E-state index contributed by atoms with van der Waals surface area (Å²) in [7, 11) is 0. The molecule has 1 amide bonds. The van der Waals surface area contributed by atoms with Crippen LogP contribution in [0.2, 0.25) is 0 Å². The standard InChI is InChI=1S/C18H25N3O/c1-2-3-13-21-18(22)17(14-19)15-20-12-8-7-11-16-9-5-4-6-10-16/h4-6,9-10,15,20H,2-3,7-8,11-13H2,1H3,(H,21,22)/b17-15-. The lowest BCUT2D eigenvalue weighted by molar-refractivity contribution is -0.117. The zero-order valence-electron chi connectivity index (χ0n) is 13.3. The van der Waals surface area contributed by atoms with Gasteiger partial charge in [-0.1, -0.05) is 43.7 Å². The Morgan fingerprint density at radius 3 is 2.64 bits per heavy atom. The van der Waals surface area contributed by atoms with E-state index in [1.54, 1.807) is 0 Å². The highest BCUT2D eigenvalue weighted by molar-refractivity contribution is 5.97. The van der Waals surface area contributed by atoms with Crippen LogP contribution < -0.4 is 10.6 Å². The summed E-state index contributed by atoms with van der Waals surface area (Å²) in [6.45, 7) is 3.44. The first-order valence-corrected chi connectivity index (χ1v) is 7.93. The number of unbranched alkanes of at least 4 members (excludes halogenated alkanes) is 2. The monoisotopic (exact) mass is 299 g/mol. The van der Waals surface area contributed by atoms with Gasteiger partial charge in [0.2, 0.25) is 0 Å². The lowest BCUT2D eigenvalue weighted by Crippen LogP contribution is -2.26. The molecule has 1 aromatic carbocycles. The Morgan fingerprint density at radius 1 is 1.18 bits per heavy atom. The highest BCUT2D eigenvalue weighted by Crippen LogP contribution is 2.03. The van der Waals surface area contributed by atoms with Gasteiger partial charge in [-0.3, -0.25) is 4.79 Å². The zero-order valence-corrected chi connectivity index (χ0v) is 13.3. The molecule has 0 radical (unpaired) electrons. The Kier molecular flexibility index (Phi) is 9.20. The van der Waals surface area contributed by atoms with Crippen molar-refractivity contribution in [3.63, 3.8) is 0 Å². The van der Waals surface area contributed by atoms with E-state index in [4.69, 9.17) is 5.26 Å². The summed E-state index contributed by atoms with van der Waals surface area (Å²) in [5.41, 5.74) is 1.48. The minimum Gasteiger partial charge on any atom is -0.390 e. The van der Waals surface area contributed by atoms with Gasteiger partial charge in [0.1, 0.15) is 11.6 Å². The van der Waals surface area contributed by atoms with Gasteiger partial charge in [-0.25, -0.2) is 0 Å². The molecule has 0 heterocycles. The van der Waals surface area contributed by atoms with Gasteiger partial charge in [-0.2, -0.15) is 5.26 Å². The van der Waals surface area contributed by atoms with Crippen molar-refractivity contribution in [3.05, 3.63) is 47.7 Å². The van der Waals surface area contributed by atoms with Gasteiger partial charge in [0, 0.05) is 19.3 Å². The largest absolute Gasteiger partial charge is 0.390 e. The second-order valence-corrected chi connectivity index (χ2v) is 5.18. The molecule has 1 rings (SSSR count). The molecule has 1 aromatic rings. The molecule has 2 N–H and O–H groups in total. The molecule has 0 fully saturated rings. The number of hydrogen-bond acceptors (Lipinski definition) is 3. The van der Waals surface area contributed by atoms with E-state index in [2.05, 4.69) is 29.7 Å². The number of carbonyl (C=O) groups excluding carboxylic acids is 1. The second kappa shape index (κ2) is 11.4. The zero-order chi connectivity index (χ0) is 16.0. The fourth-order valence-corrected chi connectivity index (χ4v) is 2.00. The van der Waals surface area contributed by atoms with Crippen molar-refractivity contribution < 1.29 is 4.79 Å². The first kappa shape index (κ1) is 17.8. The third-order valence-corrected chi connectivity index (χ3v) is 3.31. The molecule has 0 spiro atoms. The molecule has 0 aliphatic heterocycles. The molecule has 0 aliphatic rings. The molecule has 0 aliphatic carbocycles. The molecule has 22 heavy (non-hydrogen) atoms. The number of hydrogen-bond donors (Lipinski definition) is 2. The molecule has 0 atom stereocenters. The third-order valence-electron chi connectivity index (χ3n) is 3.31. The van der Waals surface area contributed by atoms with Gasteiger partial charge >= 0.3 is 0 Å². The minimum absolute atomic E-state index is 0.138. The molecule has 0 saturated heterocycles. The van der Waals surface area contributed by atoms with Gasteiger partial charge < -0.3 is 10.6 Å². The van der Waals surface area contributed by atoms with Gasteiger partial charge in [-0.05, 0) is 31.2 Å². The van der Waals surface area contributed by atoms with Crippen LogP contribution in [-0.4, -0.2) is 19.0 Å². The van der Waals surface area contributed by atoms with Crippen LogP contribution in [0.5, 0.6) is 0 Å². The number of rotatable bonds is 10. The van der Waals surface area contributed by atoms with Crippen LogP contribution in [0.1, 0.15) is 38.2 Å². The average Bonchev–Trinajstić information content (AvgIpc) is 2.55. The molecule has 0 bridgehead atoms. The Balaban J connectivity index is 2.19. The predicted molar refractivity (Wildman–Crippen MR) is 89.0 cm³/mol. The van der Waals surface area contributed by atoms with Crippen molar-refractivity contribution in [2.45, 2.75) is 39.0 Å². The van der Waals surface area contributed by atoms with Crippen molar-refractivity contribution in [2.24, 2.45) is 0 Å². The first-order chi connectivity index (χ1) is 10.8. The third kappa shape index (κ3) is 7.49. The van der Waals surface area contributed by atoms with Crippen molar-refractivity contribution >= 4 is 5.91 Å². The summed E-state index contributed by atoms with van der Waals surface area (Å²) in [6, 6.07) is 12.3. The van der Waals surface area contributed by atoms with Gasteiger partial charge in [-0.15, -0.1) is 0 Å². The van der Waals surface area contributed by atoms with Gasteiger partial charge in [0.15, 0.2) is 0 Å². The van der Waals surface area contributed by atoms with Crippen LogP contribution in [0.15, 0.2) is 42.1 Å². The number of nitriles is 1. The summed E-state index contributed by atoms with van der Waals surface area (Å²) in [6.07, 6.45) is 6.60. The van der Waals surface area contributed by atoms with Crippen LogP contribution in [0.4, 0.5) is 0 Å². The molecular weight excluding hydrogens is 274 g/mol. The topological polar surface area (TPSA) is 64.9 Å². The lowest BCUT2D eigenvalue weighted by Gasteiger charge is -2.05. The lowest BCUT2D eigenvalue weighted by atomic mass is 10.1. The van der Waals surface area contributed by atoms with Crippen molar-refractivity contribution in [1.82, 2.24) is 10.6 Å². The Morgan fingerprint density at radius 2 is 1.95 bits per heavy atom. The Labute approximate surface area is 133 Å². The van der Waals surface area contributed by atoms with E-state index in [0.29, 0.717) is 6.54 Å². The Hall–Kier alpha value is -2.28. The number of benzene rings is 1. The summed E-state index contributed by atoms with van der Waals surface area (Å²) in [4.78, 5) is 11.7. The number of aryl methyl sites for hydroxylation is 1. The SMILES string of the molecule is CCCCNC(=O)/C(C#N)=C\NCCCCc1ccccc1. The smallest absolute Gasteiger partial charge is 0.263 e. The number of nitrogens with one attached hydrogen (secondary N) is 2. The number of amides is 1. The van der Waals surface area contributed by atoms with Crippen molar-refractivity contribution in [3.8, 4) is 6.07 Å². The molecule has 0 saturated carbocycles. The summed E-state index contributed by atoms with van der Waals surface area (Å²) in [5.74, 6) is -0.298. The van der Waals surface area contributed by atoms with E-state index in [1.807, 2.05) is 24.3 Å². The Bertz CT molecular complexity index is 503. The molecule has 4 heteroatoms. The van der Waals surface area contributed by atoms with Crippen molar-refractivity contribution in [1.29, 1.82) is 5.26 Å². The highest BCUT2D eigenvalue weighted by Gasteiger charge is 2.06. The van der Waals surface area contributed by atoms with Crippen LogP contribution in [0.3, 0.4) is 0 Å². The van der Waals surface area contributed by atoms with Crippen LogP contribution in [0, 0.1) is 11.3 Å². The molecule has 118 valence electrons. The van der Waals surface area contributed by atoms with Crippen LogP contribution in [0.25, 0.3) is 0 Å². The van der Waals surface area contributed by atoms with Crippen LogP contribution >= 0.6 is 0 Å². The summed E-state index contributed by atoms with van der Waals surface area (Å²) < 4.78 is 0. The van der Waals surface area contributed by atoms with E-state index >= 15 is 0 Å². The normalized spacial score (nSPS) is 10.8. The minimum atomic E-state index is -0.298. The maximum atomic E-state index is 11.7. The fraction of sp³-hybridized carbons (Fsp3) is 0.444. The van der Waals surface area contributed by atoms with E-state index < -0.39 is 0 Å². The van der Waals surface area contributed by atoms with E-state index in [9.17, 15) is 4.79 Å². The highest BCUT2D eigenvalue weighted by atomic mass is 16.1. The van der Waals surface area contributed by atoms with E-state index in [-0.39, 0.29) is 11.5 Å². The summed E-state index contributed by atoms with van der Waals surface area (Å²) in [5, 5.41) is 14.8. The summed E-state index contributed by atoms with van der Waals surface area (Å²) >= 11 is 0. The van der Waals surface area contributed by atoms with E-state index in [0.717, 1.165) is 38.6 Å². The second-order valence-electron chi connectivity index (χ2n) is 5.18. The average molecular weight is 299 g/mol. The van der Waals surface area contributed by atoms with Crippen molar-refractivity contribution in [2.75, 3.05) is 13.1 Å². The fourth-order valence-electron chi connectivity index (χ4n) is 2.00. The van der Waals surface area contributed by atoms with Gasteiger partial charge in [0.25, 0.3) is 5.91 Å². The molecule has 0 aromatic heterocycles. The van der Waals surface area contributed by atoms with Crippen LogP contribution in [-0.2, 0) is 11.2 Å².